The second-order valence-electron chi connectivity index (χ2n) is 1.30. The number of nitrogens with one attached hydrogen (secondary N) is 1. The standard InChI is InChI=1S/C5H6N3/c1-6-5-3-2-4-7-8-5/h2-3H,1H3,(H,6,8). The Morgan fingerprint density at radius 2 is 2.62 bits per heavy atom. The van der Waals surface area contributed by atoms with E-state index in [-0.39, 0.29) is 0 Å². The van der Waals surface area contributed by atoms with Gasteiger partial charge in [-0.2, -0.15) is 0 Å². The zero-order chi connectivity index (χ0) is 5.82. The molecule has 0 bridgehead atoms. The van der Waals surface area contributed by atoms with Gasteiger partial charge in [-0.05, 0) is 12.1 Å². The van der Waals surface area contributed by atoms with E-state index in [1.807, 2.05) is 0 Å². The fraction of sp³-hybridized carbons (Fsp3) is 0.200. The highest BCUT2D eigenvalue weighted by Gasteiger charge is 1.81. The molecule has 0 spiro atoms. The van der Waals surface area contributed by atoms with Gasteiger partial charge in [-0.15, -0.1) is 10.2 Å². The van der Waals surface area contributed by atoms with Crippen molar-refractivity contribution in [1.29, 1.82) is 0 Å². The van der Waals surface area contributed by atoms with Gasteiger partial charge in [0.2, 0.25) is 0 Å². The van der Waals surface area contributed by atoms with Gasteiger partial charge in [0.15, 0.2) is 0 Å². The van der Waals surface area contributed by atoms with E-state index in [1.165, 1.54) is 0 Å². The third-order valence-corrected chi connectivity index (χ3v) is 0.787. The van der Waals surface area contributed by atoms with Crippen molar-refractivity contribution >= 4 is 5.82 Å². The van der Waals surface area contributed by atoms with Crippen LogP contribution in [0.4, 0.5) is 5.82 Å². The molecule has 0 aliphatic carbocycles. The Kier molecular flexibility index (Phi) is 1.42. The minimum Gasteiger partial charge on any atom is -0.372 e. The quantitative estimate of drug-likeness (QED) is 0.563. The third-order valence-electron chi connectivity index (χ3n) is 0.787. The minimum absolute atomic E-state index is 0.767. The van der Waals surface area contributed by atoms with E-state index in [1.54, 1.807) is 19.2 Å². The van der Waals surface area contributed by atoms with Gasteiger partial charge in [0.1, 0.15) is 12.0 Å². The van der Waals surface area contributed by atoms with Crippen LogP contribution in [0.15, 0.2) is 12.1 Å². The number of hydrogen-bond donors (Lipinski definition) is 1. The van der Waals surface area contributed by atoms with E-state index in [0.29, 0.717) is 0 Å². The average Bonchev–Trinajstić information content (AvgIpc) is 1.90. The van der Waals surface area contributed by atoms with Crippen molar-refractivity contribution in [2.75, 3.05) is 12.4 Å². The van der Waals surface area contributed by atoms with Crippen LogP contribution >= 0.6 is 0 Å². The lowest BCUT2D eigenvalue weighted by molar-refractivity contribution is 1.02. The topological polar surface area (TPSA) is 37.8 Å². The predicted octanol–water partition coefficient (Wildman–Crippen LogP) is 0.318. The molecule has 0 fully saturated rings. The first kappa shape index (κ1) is 5.03. The van der Waals surface area contributed by atoms with Gasteiger partial charge in [0.25, 0.3) is 0 Å². The first-order valence-electron chi connectivity index (χ1n) is 2.31. The molecule has 0 unspecified atom stereocenters. The smallest absolute Gasteiger partial charge is 0.148 e. The summed E-state index contributed by atoms with van der Waals surface area (Å²) in [5, 5.41) is 10.0. The molecule has 0 atom stereocenters. The van der Waals surface area contributed by atoms with E-state index < -0.39 is 0 Å². The van der Waals surface area contributed by atoms with E-state index in [2.05, 4.69) is 21.7 Å². The highest BCUT2D eigenvalue weighted by molar-refractivity contribution is 5.29. The first-order chi connectivity index (χ1) is 3.93. The lowest BCUT2D eigenvalue weighted by Gasteiger charge is -1.91. The van der Waals surface area contributed by atoms with Crippen molar-refractivity contribution in [3.63, 3.8) is 0 Å². The van der Waals surface area contributed by atoms with Crippen LogP contribution in [0.5, 0.6) is 0 Å². The van der Waals surface area contributed by atoms with Crippen molar-refractivity contribution in [3.05, 3.63) is 18.3 Å². The molecule has 1 heterocycles. The van der Waals surface area contributed by atoms with Crippen LogP contribution in [0.2, 0.25) is 0 Å². The van der Waals surface area contributed by atoms with Crippen molar-refractivity contribution in [1.82, 2.24) is 10.2 Å². The van der Waals surface area contributed by atoms with Gasteiger partial charge < -0.3 is 5.32 Å². The van der Waals surface area contributed by atoms with Gasteiger partial charge in [-0.1, -0.05) is 0 Å². The van der Waals surface area contributed by atoms with Crippen molar-refractivity contribution in [2.24, 2.45) is 0 Å². The molecular weight excluding hydrogens is 102 g/mol. The van der Waals surface area contributed by atoms with Crippen LogP contribution in [0.1, 0.15) is 0 Å². The van der Waals surface area contributed by atoms with Crippen molar-refractivity contribution < 1.29 is 0 Å². The number of rotatable bonds is 1. The summed E-state index contributed by atoms with van der Waals surface area (Å²) in [6.45, 7) is 0. The average molecular weight is 108 g/mol. The molecule has 0 aromatic carbocycles. The zero-order valence-corrected chi connectivity index (χ0v) is 4.55. The van der Waals surface area contributed by atoms with E-state index >= 15 is 0 Å². The summed E-state index contributed by atoms with van der Waals surface area (Å²) in [7, 11) is 1.80. The summed E-state index contributed by atoms with van der Waals surface area (Å²) in [6, 6.07) is 3.51. The Bertz CT molecular complexity index is 149. The van der Waals surface area contributed by atoms with Gasteiger partial charge in [-0.3, -0.25) is 0 Å². The van der Waals surface area contributed by atoms with Gasteiger partial charge in [-0.25, -0.2) is 0 Å². The van der Waals surface area contributed by atoms with E-state index in [4.69, 9.17) is 0 Å². The van der Waals surface area contributed by atoms with Crippen LogP contribution in [0.3, 0.4) is 0 Å². The molecule has 0 saturated heterocycles. The summed E-state index contributed by atoms with van der Waals surface area (Å²) in [5.41, 5.74) is 0. The zero-order valence-electron chi connectivity index (χ0n) is 4.55. The largest absolute Gasteiger partial charge is 0.372 e. The Balaban J connectivity index is 2.83. The molecule has 0 saturated carbocycles. The number of nitrogens with zero attached hydrogens (tertiary/aromatic N) is 2. The van der Waals surface area contributed by atoms with E-state index in [0.717, 1.165) is 5.82 Å². The monoisotopic (exact) mass is 108 g/mol. The summed E-state index contributed by atoms with van der Waals surface area (Å²) < 4.78 is 0. The summed E-state index contributed by atoms with van der Waals surface area (Å²) >= 11 is 0. The molecule has 1 radical (unpaired) electrons. The maximum absolute atomic E-state index is 3.68. The highest BCUT2D eigenvalue weighted by Crippen LogP contribution is 1.92. The Labute approximate surface area is 47.8 Å². The van der Waals surface area contributed by atoms with Crippen molar-refractivity contribution in [2.45, 2.75) is 0 Å². The summed E-state index contributed by atoms with van der Waals surface area (Å²) in [6.07, 6.45) is 2.57. The number of aromatic nitrogens is 2. The van der Waals surface area contributed by atoms with Crippen LogP contribution in [0.25, 0.3) is 0 Å². The molecule has 1 rings (SSSR count). The Morgan fingerprint density at radius 3 is 3.00 bits per heavy atom. The predicted molar refractivity (Wildman–Crippen MR) is 30.4 cm³/mol. The SMILES string of the molecule is CNc1cc[c]nn1. The number of hydrogen-bond acceptors (Lipinski definition) is 3. The molecular formula is C5H6N3. The molecule has 1 aromatic heterocycles. The third kappa shape index (κ3) is 0.932. The molecule has 3 heteroatoms. The van der Waals surface area contributed by atoms with Crippen LogP contribution < -0.4 is 5.32 Å². The van der Waals surface area contributed by atoms with Crippen LogP contribution in [-0.2, 0) is 0 Å². The van der Waals surface area contributed by atoms with Crippen LogP contribution in [0, 0.1) is 6.20 Å². The Hall–Kier alpha value is -1.12. The van der Waals surface area contributed by atoms with E-state index in [9.17, 15) is 0 Å². The fourth-order valence-electron chi connectivity index (χ4n) is 0.399. The maximum Gasteiger partial charge on any atom is 0.148 e. The molecule has 0 amide bonds. The summed E-state index contributed by atoms with van der Waals surface area (Å²) in [5.74, 6) is 0.767. The lowest BCUT2D eigenvalue weighted by atomic mass is 10.5. The number of anilines is 1. The fourth-order valence-corrected chi connectivity index (χ4v) is 0.399. The normalized spacial score (nSPS) is 8.62. The van der Waals surface area contributed by atoms with Crippen molar-refractivity contribution in [3.8, 4) is 0 Å². The molecule has 0 aliphatic rings. The highest BCUT2D eigenvalue weighted by atomic mass is 15.2. The molecule has 1 aromatic rings. The minimum atomic E-state index is 0.767. The molecule has 41 valence electrons. The second-order valence-corrected chi connectivity index (χ2v) is 1.30. The molecule has 3 nitrogen and oxygen atoms in total. The van der Waals surface area contributed by atoms with Gasteiger partial charge in [0.05, 0.1) is 0 Å². The van der Waals surface area contributed by atoms with Gasteiger partial charge >= 0.3 is 0 Å². The summed E-state index contributed by atoms with van der Waals surface area (Å²) in [4.78, 5) is 0. The first-order valence-corrected chi connectivity index (χ1v) is 2.31. The maximum atomic E-state index is 3.68. The van der Waals surface area contributed by atoms with Crippen LogP contribution in [-0.4, -0.2) is 17.2 Å². The second kappa shape index (κ2) is 2.26. The van der Waals surface area contributed by atoms with Gasteiger partial charge in [0, 0.05) is 7.05 Å². The molecule has 1 N–H and O–H groups in total. The Morgan fingerprint density at radius 1 is 1.75 bits per heavy atom. The molecule has 0 aliphatic heterocycles. The molecule has 8 heavy (non-hydrogen) atoms. The lowest BCUT2D eigenvalue weighted by Crippen LogP contribution is -1.91.